The Morgan fingerprint density at radius 1 is 1.21 bits per heavy atom. The number of anilines is 1. The van der Waals surface area contributed by atoms with Gasteiger partial charge in [0.05, 0.1) is 18.1 Å². The van der Waals surface area contributed by atoms with Crippen LogP contribution in [-0.2, 0) is 19.6 Å². The minimum absolute atomic E-state index is 0.0570. The summed E-state index contributed by atoms with van der Waals surface area (Å²) in [6.07, 6.45) is 0. The first kappa shape index (κ1) is 13.8. The van der Waals surface area contributed by atoms with Gasteiger partial charge in [0.1, 0.15) is 4.90 Å². The molecule has 102 valence electrons. The standard InChI is InChI=1S/C10H10ClN3O4S/c11-7-3-6(12)1-2-8(7)19(17,18)14-4-9(15)13-10(16)5-14/h1-3H,4-5,12H2,(H,13,15,16). The lowest BCUT2D eigenvalue weighted by atomic mass is 10.3. The molecule has 1 aromatic carbocycles. The van der Waals surface area contributed by atoms with Crippen molar-refractivity contribution < 1.29 is 18.0 Å². The van der Waals surface area contributed by atoms with Gasteiger partial charge in [-0.2, -0.15) is 4.31 Å². The van der Waals surface area contributed by atoms with Gasteiger partial charge in [0.2, 0.25) is 21.8 Å². The lowest BCUT2D eigenvalue weighted by Crippen LogP contribution is -2.53. The number of amides is 2. The fourth-order valence-corrected chi connectivity index (χ4v) is 3.53. The van der Waals surface area contributed by atoms with Crippen LogP contribution in [0.3, 0.4) is 0 Å². The molecule has 0 atom stereocenters. The first-order chi connectivity index (χ1) is 8.80. The molecule has 0 bridgehead atoms. The van der Waals surface area contributed by atoms with Crippen LogP contribution in [0.4, 0.5) is 5.69 Å². The fourth-order valence-electron chi connectivity index (χ4n) is 1.65. The number of benzene rings is 1. The van der Waals surface area contributed by atoms with Crippen LogP contribution in [0.5, 0.6) is 0 Å². The van der Waals surface area contributed by atoms with E-state index in [-0.39, 0.29) is 9.92 Å². The van der Waals surface area contributed by atoms with Crippen LogP contribution in [0, 0.1) is 0 Å². The number of nitrogens with one attached hydrogen (secondary N) is 1. The maximum Gasteiger partial charge on any atom is 0.245 e. The minimum atomic E-state index is -4.01. The summed E-state index contributed by atoms with van der Waals surface area (Å²) in [4.78, 5) is 22.2. The fraction of sp³-hybridized carbons (Fsp3) is 0.200. The highest BCUT2D eigenvalue weighted by atomic mass is 35.5. The molecule has 0 spiro atoms. The van der Waals surface area contributed by atoms with E-state index in [1.165, 1.54) is 18.2 Å². The van der Waals surface area contributed by atoms with Crippen molar-refractivity contribution >= 4 is 39.1 Å². The minimum Gasteiger partial charge on any atom is -0.399 e. The first-order valence-corrected chi connectivity index (χ1v) is 7.00. The maximum atomic E-state index is 12.3. The summed E-state index contributed by atoms with van der Waals surface area (Å²) < 4.78 is 25.3. The number of halogens is 1. The zero-order valence-corrected chi connectivity index (χ0v) is 11.2. The Labute approximate surface area is 114 Å². The van der Waals surface area contributed by atoms with Gasteiger partial charge in [0.25, 0.3) is 0 Å². The number of hydrogen-bond donors (Lipinski definition) is 2. The van der Waals surface area contributed by atoms with E-state index in [0.717, 1.165) is 4.31 Å². The molecule has 1 saturated heterocycles. The molecular formula is C10H10ClN3O4S. The van der Waals surface area contributed by atoms with E-state index < -0.39 is 34.9 Å². The number of sulfonamides is 1. The van der Waals surface area contributed by atoms with E-state index in [1.54, 1.807) is 0 Å². The molecule has 1 aliphatic rings. The average Bonchev–Trinajstić information content (AvgIpc) is 2.26. The average molecular weight is 304 g/mol. The van der Waals surface area contributed by atoms with Gasteiger partial charge in [0, 0.05) is 5.69 Å². The summed E-state index contributed by atoms with van der Waals surface area (Å²) in [5, 5.41) is 1.96. The van der Waals surface area contributed by atoms with Crippen molar-refractivity contribution in [1.82, 2.24) is 9.62 Å². The lowest BCUT2D eigenvalue weighted by Gasteiger charge is -2.25. The molecule has 2 rings (SSSR count). The second kappa shape index (κ2) is 4.80. The quantitative estimate of drug-likeness (QED) is 0.569. The topological polar surface area (TPSA) is 110 Å². The van der Waals surface area contributed by atoms with Gasteiger partial charge in [-0.1, -0.05) is 11.6 Å². The van der Waals surface area contributed by atoms with Gasteiger partial charge < -0.3 is 5.73 Å². The molecule has 7 nitrogen and oxygen atoms in total. The van der Waals surface area contributed by atoms with Crippen LogP contribution in [-0.4, -0.2) is 37.6 Å². The molecule has 19 heavy (non-hydrogen) atoms. The third kappa shape index (κ3) is 2.70. The van der Waals surface area contributed by atoms with Gasteiger partial charge in [-0.25, -0.2) is 8.42 Å². The summed E-state index contributed by atoms with van der Waals surface area (Å²) in [5.41, 5.74) is 5.80. The number of nitrogens with zero attached hydrogens (tertiary/aromatic N) is 1. The van der Waals surface area contributed by atoms with Crippen molar-refractivity contribution in [3.05, 3.63) is 23.2 Å². The zero-order chi connectivity index (χ0) is 14.2. The molecule has 1 aliphatic heterocycles. The van der Waals surface area contributed by atoms with Crippen LogP contribution < -0.4 is 11.1 Å². The Kier molecular flexibility index (Phi) is 3.48. The van der Waals surface area contributed by atoms with Gasteiger partial charge in [0.15, 0.2) is 0 Å². The van der Waals surface area contributed by atoms with E-state index in [2.05, 4.69) is 0 Å². The number of carbonyl (C=O) groups is 2. The second-order valence-corrected chi connectivity index (χ2v) is 6.25. The number of nitrogens with two attached hydrogens (primary N) is 1. The molecule has 0 aliphatic carbocycles. The summed E-state index contributed by atoms with van der Waals surface area (Å²) in [5.74, 6) is -1.35. The van der Waals surface area contributed by atoms with E-state index >= 15 is 0 Å². The molecule has 1 aromatic rings. The third-order valence-electron chi connectivity index (χ3n) is 2.49. The molecule has 2 amide bonds. The highest BCUT2D eigenvalue weighted by molar-refractivity contribution is 7.89. The Balaban J connectivity index is 2.42. The van der Waals surface area contributed by atoms with Crippen molar-refractivity contribution in [2.24, 2.45) is 0 Å². The molecule has 1 heterocycles. The second-order valence-electron chi connectivity index (χ2n) is 3.93. The normalized spacial score (nSPS) is 17.3. The highest BCUT2D eigenvalue weighted by Crippen LogP contribution is 2.26. The Morgan fingerprint density at radius 2 is 1.79 bits per heavy atom. The van der Waals surface area contributed by atoms with Crippen LogP contribution in [0.25, 0.3) is 0 Å². The van der Waals surface area contributed by atoms with E-state index in [0.29, 0.717) is 5.69 Å². The third-order valence-corrected chi connectivity index (χ3v) is 4.77. The monoisotopic (exact) mass is 303 g/mol. The Bertz CT molecular complexity index is 643. The summed E-state index contributed by atoms with van der Waals surface area (Å²) >= 11 is 5.83. The molecule has 0 aromatic heterocycles. The molecule has 9 heteroatoms. The molecular weight excluding hydrogens is 294 g/mol. The maximum absolute atomic E-state index is 12.3. The number of piperazine rings is 1. The SMILES string of the molecule is Nc1ccc(S(=O)(=O)N2CC(=O)NC(=O)C2)c(Cl)c1. The van der Waals surface area contributed by atoms with E-state index in [9.17, 15) is 18.0 Å². The van der Waals surface area contributed by atoms with Crippen molar-refractivity contribution in [3.8, 4) is 0 Å². The number of rotatable bonds is 2. The van der Waals surface area contributed by atoms with Crippen LogP contribution in [0.2, 0.25) is 5.02 Å². The molecule has 0 unspecified atom stereocenters. The Hall–Kier alpha value is -1.64. The number of nitrogen functional groups attached to an aromatic ring is 1. The van der Waals surface area contributed by atoms with E-state index in [4.69, 9.17) is 17.3 Å². The summed E-state index contributed by atoms with van der Waals surface area (Å²) in [6, 6.07) is 3.91. The van der Waals surface area contributed by atoms with Crippen molar-refractivity contribution in [2.75, 3.05) is 18.8 Å². The lowest BCUT2D eigenvalue weighted by molar-refractivity contribution is -0.134. The molecule has 1 fully saturated rings. The van der Waals surface area contributed by atoms with Gasteiger partial charge in [-0.3, -0.25) is 14.9 Å². The van der Waals surface area contributed by atoms with Crippen LogP contribution in [0.1, 0.15) is 0 Å². The predicted octanol–water partition coefficient (Wildman–Crippen LogP) is -0.431. The largest absolute Gasteiger partial charge is 0.399 e. The summed E-state index contributed by atoms with van der Waals surface area (Å²) in [6.45, 7) is -0.844. The van der Waals surface area contributed by atoms with Crippen molar-refractivity contribution in [3.63, 3.8) is 0 Å². The number of hydrogen-bond acceptors (Lipinski definition) is 5. The predicted molar refractivity (Wildman–Crippen MR) is 67.8 cm³/mol. The van der Waals surface area contributed by atoms with Gasteiger partial charge in [-0.05, 0) is 18.2 Å². The molecule has 3 N–H and O–H groups in total. The van der Waals surface area contributed by atoms with Crippen LogP contribution in [0.15, 0.2) is 23.1 Å². The van der Waals surface area contributed by atoms with Crippen LogP contribution >= 0.6 is 11.6 Å². The zero-order valence-electron chi connectivity index (χ0n) is 9.59. The smallest absolute Gasteiger partial charge is 0.245 e. The Morgan fingerprint density at radius 3 is 2.32 bits per heavy atom. The van der Waals surface area contributed by atoms with Crippen molar-refractivity contribution in [2.45, 2.75) is 4.90 Å². The van der Waals surface area contributed by atoms with Gasteiger partial charge in [-0.15, -0.1) is 0 Å². The van der Waals surface area contributed by atoms with Crippen molar-refractivity contribution in [1.29, 1.82) is 0 Å². The number of carbonyl (C=O) groups excluding carboxylic acids is 2. The summed E-state index contributed by atoms with van der Waals surface area (Å²) in [7, 11) is -4.01. The molecule has 0 radical (unpaired) electrons. The molecule has 0 saturated carbocycles. The van der Waals surface area contributed by atoms with E-state index in [1.807, 2.05) is 5.32 Å². The van der Waals surface area contributed by atoms with Gasteiger partial charge >= 0.3 is 0 Å². The number of imide groups is 1. The first-order valence-electron chi connectivity index (χ1n) is 5.18. The highest BCUT2D eigenvalue weighted by Gasteiger charge is 2.34.